The van der Waals surface area contributed by atoms with Crippen LogP contribution in [0.25, 0.3) is 11.6 Å². The molecule has 0 N–H and O–H groups in total. The summed E-state index contributed by atoms with van der Waals surface area (Å²) in [7, 11) is 3.19. The summed E-state index contributed by atoms with van der Waals surface area (Å²) in [5.41, 5.74) is 2.35. The highest BCUT2D eigenvalue weighted by Gasteiger charge is 2.19. The fourth-order valence-corrected chi connectivity index (χ4v) is 3.35. The molecule has 1 saturated heterocycles. The molecule has 28 heavy (non-hydrogen) atoms. The SMILES string of the molecule is COc1cc(N2CCCC2)c(OC)cc1/C=C(/C#N)c1cccc([N+](=O)[O-])c1. The highest BCUT2D eigenvalue weighted by Crippen LogP contribution is 2.38. The van der Waals surface area contributed by atoms with Crippen LogP contribution in [0.2, 0.25) is 0 Å². The maximum atomic E-state index is 11.0. The van der Waals surface area contributed by atoms with Gasteiger partial charge in [-0.3, -0.25) is 10.1 Å². The lowest BCUT2D eigenvalue weighted by Gasteiger charge is -2.22. The van der Waals surface area contributed by atoms with E-state index < -0.39 is 4.92 Å². The number of rotatable bonds is 6. The van der Waals surface area contributed by atoms with Crippen molar-refractivity contribution >= 4 is 23.0 Å². The van der Waals surface area contributed by atoms with Crippen molar-refractivity contribution in [3.8, 4) is 17.6 Å². The third-order valence-corrected chi connectivity index (χ3v) is 4.77. The fraction of sp³-hybridized carbons (Fsp3) is 0.286. The van der Waals surface area contributed by atoms with E-state index in [1.165, 1.54) is 12.1 Å². The molecule has 0 amide bonds. The minimum Gasteiger partial charge on any atom is -0.496 e. The lowest BCUT2D eigenvalue weighted by Crippen LogP contribution is -2.18. The number of nitrogens with zero attached hydrogens (tertiary/aromatic N) is 3. The first kappa shape index (κ1) is 19.2. The van der Waals surface area contributed by atoms with E-state index in [4.69, 9.17) is 9.47 Å². The van der Waals surface area contributed by atoms with Crippen molar-refractivity contribution in [2.75, 3.05) is 32.2 Å². The Balaban J connectivity index is 2.07. The molecule has 0 spiro atoms. The first-order valence-corrected chi connectivity index (χ1v) is 8.95. The van der Waals surface area contributed by atoms with Crippen molar-refractivity contribution in [1.82, 2.24) is 0 Å². The van der Waals surface area contributed by atoms with Crippen LogP contribution in [0, 0.1) is 21.4 Å². The van der Waals surface area contributed by atoms with Gasteiger partial charge in [-0.2, -0.15) is 5.26 Å². The molecular formula is C21H21N3O4. The molecule has 1 aliphatic heterocycles. The lowest BCUT2D eigenvalue weighted by atomic mass is 10.0. The van der Waals surface area contributed by atoms with Crippen LogP contribution < -0.4 is 14.4 Å². The predicted octanol–water partition coefficient (Wildman–Crippen LogP) is 4.28. The van der Waals surface area contributed by atoms with Gasteiger partial charge in [0.15, 0.2) is 0 Å². The molecule has 0 saturated carbocycles. The molecule has 2 aromatic rings. The summed E-state index contributed by atoms with van der Waals surface area (Å²) in [6, 6.07) is 11.9. The van der Waals surface area contributed by atoms with Gasteiger partial charge in [0, 0.05) is 36.9 Å². The Morgan fingerprint density at radius 3 is 2.50 bits per heavy atom. The summed E-state index contributed by atoms with van der Waals surface area (Å²) in [6.45, 7) is 1.93. The van der Waals surface area contributed by atoms with Crippen molar-refractivity contribution in [3.05, 3.63) is 57.6 Å². The zero-order valence-electron chi connectivity index (χ0n) is 15.8. The highest BCUT2D eigenvalue weighted by atomic mass is 16.6. The second kappa shape index (κ2) is 8.44. The predicted molar refractivity (Wildman–Crippen MR) is 108 cm³/mol. The van der Waals surface area contributed by atoms with Gasteiger partial charge in [-0.1, -0.05) is 12.1 Å². The summed E-state index contributed by atoms with van der Waals surface area (Å²) < 4.78 is 11.1. The molecule has 144 valence electrons. The topological polar surface area (TPSA) is 88.6 Å². The molecule has 0 aromatic heterocycles. The van der Waals surface area contributed by atoms with Gasteiger partial charge in [0.25, 0.3) is 5.69 Å². The summed E-state index contributed by atoms with van der Waals surface area (Å²) in [5.74, 6) is 1.31. The number of benzene rings is 2. The van der Waals surface area contributed by atoms with Crippen LogP contribution in [0.3, 0.4) is 0 Å². The summed E-state index contributed by atoms with van der Waals surface area (Å²) in [6.07, 6.45) is 3.94. The van der Waals surface area contributed by atoms with E-state index in [1.807, 2.05) is 12.1 Å². The van der Waals surface area contributed by atoms with Crippen LogP contribution in [0.15, 0.2) is 36.4 Å². The zero-order chi connectivity index (χ0) is 20.1. The summed E-state index contributed by atoms with van der Waals surface area (Å²) in [5, 5.41) is 20.7. The maximum Gasteiger partial charge on any atom is 0.270 e. The van der Waals surface area contributed by atoms with Gasteiger partial charge >= 0.3 is 0 Å². The molecule has 1 aliphatic rings. The largest absolute Gasteiger partial charge is 0.496 e. The normalized spacial score (nSPS) is 13.9. The van der Waals surface area contributed by atoms with Crippen molar-refractivity contribution in [2.24, 2.45) is 0 Å². The number of non-ortho nitro benzene ring substituents is 1. The maximum absolute atomic E-state index is 11.0. The molecule has 7 heteroatoms. The van der Waals surface area contributed by atoms with Gasteiger partial charge in [0.1, 0.15) is 11.5 Å². The first-order chi connectivity index (χ1) is 13.6. The minimum absolute atomic E-state index is 0.0624. The molecule has 0 unspecified atom stereocenters. The molecule has 1 fully saturated rings. The quantitative estimate of drug-likeness (QED) is 0.322. The van der Waals surface area contributed by atoms with Gasteiger partial charge in [0.2, 0.25) is 0 Å². The van der Waals surface area contributed by atoms with Gasteiger partial charge in [-0.05, 0) is 30.5 Å². The van der Waals surface area contributed by atoms with Crippen LogP contribution in [0.5, 0.6) is 11.5 Å². The monoisotopic (exact) mass is 379 g/mol. The Labute approximate surface area is 163 Å². The molecule has 7 nitrogen and oxygen atoms in total. The number of hydrogen-bond acceptors (Lipinski definition) is 6. The number of nitriles is 1. The number of ether oxygens (including phenoxy) is 2. The van der Waals surface area contributed by atoms with Gasteiger partial charge in [-0.15, -0.1) is 0 Å². The number of methoxy groups -OCH3 is 2. The van der Waals surface area contributed by atoms with Crippen molar-refractivity contribution in [2.45, 2.75) is 12.8 Å². The van der Waals surface area contributed by atoms with Gasteiger partial charge in [-0.25, -0.2) is 0 Å². The molecule has 2 aromatic carbocycles. The third kappa shape index (κ3) is 3.91. The van der Waals surface area contributed by atoms with E-state index in [-0.39, 0.29) is 5.69 Å². The average molecular weight is 379 g/mol. The van der Waals surface area contributed by atoms with E-state index in [9.17, 15) is 15.4 Å². The lowest BCUT2D eigenvalue weighted by molar-refractivity contribution is -0.384. The second-order valence-corrected chi connectivity index (χ2v) is 6.44. The Kier molecular flexibility index (Phi) is 5.80. The Bertz CT molecular complexity index is 957. The van der Waals surface area contributed by atoms with E-state index in [0.29, 0.717) is 28.2 Å². The average Bonchev–Trinajstić information content (AvgIpc) is 3.26. The number of nitro benzene ring substituents is 1. The fourth-order valence-electron chi connectivity index (χ4n) is 3.35. The van der Waals surface area contributed by atoms with E-state index in [0.717, 1.165) is 31.6 Å². The zero-order valence-corrected chi connectivity index (χ0v) is 15.8. The first-order valence-electron chi connectivity index (χ1n) is 8.95. The Hall–Kier alpha value is -3.53. The van der Waals surface area contributed by atoms with Crippen LogP contribution >= 0.6 is 0 Å². The molecule has 0 radical (unpaired) electrons. The molecule has 1 heterocycles. The van der Waals surface area contributed by atoms with Crippen molar-refractivity contribution in [3.63, 3.8) is 0 Å². The van der Waals surface area contributed by atoms with Gasteiger partial charge in [0.05, 0.1) is 36.5 Å². The molecule has 0 bridgehead atoms. The molecule has 3 rings (SSSR count). The third-order valence-electron chi connectivity index (χ3n) is 4.77. The number of nitro groups is 1. The smallest absolute Gasteiger partial charge is 0.270 e. The van der Waals surface area contributed by atoms with Crippen LogP contribution in [-0.4, -0.2) is 32.2 Å². The number of hydrogen-bond donors (Lipinski definition) is 0. The van der Waals surface area contributed by atoms with Crippen molar-refractivity contribution in [1.29, 1.82) is 5.26 Å². The van der Waals surface area contributed by atoms with Gasteiger partial charge < -0.3 is 14.4 Å². The summed E-state index contributed by atoms with van der Waals surface area (Å²) >= 11 is 0. The minimum atomic E-state index is -0.479. The van der Waals surface area contributed by atoms with Crippen LogP contribution in [-0.2, 0) is 0 Å². The second-order valence-electron chi connectivity index (χ2n) is 6.44. The summed E-state index contributed by atoms with van der Waals surface area (Å²) in [4.78, 5) is 12.8. The van der Waals surface area contributed by atoms with Crippen LogP contribution in [0.1, 0.15) is 24.0 Å². The van der Waals surface area contributed by atoms with E-state index >= 15 is 0 Å². The standard InChI is InChI=1S/C21H21N3O4/c1-27-20-13-19(23-8-3-4-9-23)21(28-2)12-16(20)10-17(14-22)15-6-5-7-18(11-15)24(25)26/h5-7,10-13H,3-4,8-9H2,1-2H3/b17-10-. The number of allylic oxidation sites excluding steroid dienone is 1. The Morgan fingerprint density at radius 1 is 1.18 bits per heavy atom. The molecular weight excluding hydrogens is 358 g/mol. The molecule has 0 atom stereocenters. The van der Waals surface area contributed by atoms with Crippen LogP contribution in [0.4, 0.5) is 11.4 Å². The highest BCUT2D eigenvalue weighted by molar-refractivity contribution is 5.92. The number of anilines is 1. The Morgan fingerprint density at radius 2 is 1.89 bits per heavy atom. The van der Waals surface area contributed by atoms with Crippen molar-refractivity contribution < 1.29 is 14.4 Å². The molecule has 0 aliphatic carbocycles. The van der Waals surface area contributed by atoms with E-state index in [2.05, 4.69) is 11.0 Å². The van der Waals surface area contributed by atoms with E-state index in [1.54, 1.807) is 32.4 Å².